The second-order valence-corrected chi connectivity index (χ2v) is 10.2. The van der Waals surface area contributed by atoms with Gasteiger partial charge in [-0.05, 0) is 60.4 Å². The van der Waals surface area contributed by atoms with Crippen LogP contribution in [-0.2, 0) is 27.7 Å². The Kier molecular flexibility index (Phi) is 5.88. The lowest BCUT2D eigenvalue weighted by atomic mass is 10.1. The zero-order valence-electron chi connectivity index (χ0n) is 16.2. The Balaban J connectivity index is 1.41. The monoisotopic (exact) mass is 437 g/mol. The number of ketones is 1. The maximum absolute atomic E-state index is 12.7. The van der Waals surface area contributed by atoms with Crippen LogP contribution < -0.4 is 4.31 Å². The molecular formula is C18H23N5O4S2. The summed E-state index contributed by atoms with van der Waals surface area (Å²) < 4.78 is 33.1. The summed E-state index contributed by atoms with van der Waals surface area (Å²) in [6.07, 6.45) is 2.77. The van der Waals surface area contributed by atoms with E-state index in [1.54, 1.807) is 29.8 Å². The molecule has 2 aliphatic rings. The highest BCUT2D eigenvalue weighted by Crippen LogP contribution is 2.31. The minimum atomic E-state index is -3.29. The summed E-state index contributed by atoms with van der Waals surface area (Å²) in [5, 5.41) is 12.3. The molecule has 2 aromatic rings. The first-order valence-corrected chi connectivity index (χ1v) is 12.2. The largest absolute Gasteiger partial charge is 0.376 e. The molecule has 1 aromatic carbocycles. The average molecular weight is 438 g/mol. The topological polar surface area (TPSA) is 107 Å². The van der Waals surface area contributed by atoms with E-state index < -0.39 is 10.0 Å². The van der Waals surface area contributed by atoms with Crippen LogP contribution in [-0.4, -0.2) is 65.2 Å². The molecule has 3 heterocycles. The Morgan fingerprint density at radius 3 is 3.00 bits per heavy atom. The van der Waals surface area contributed by atoms with Crippen LogP contribution >= 0.6 is 11.8 Å². The maximum Gasteiger partial charge on any atom is 0.234 e. The van der Waals surface area contributed by atoms with Gasteiger partial charge in [-0.3, -0.25) is 9.10 Å². The van der Waals surface area contributed by atoms with E-state index in [1.165, 1.54) is 16.1 Å². The van der Waals surface area contributed by atoms with Gasteiger partial charge >= 0.3 is 0 Å². The molecule has 0 aliphatic carbocycles. The van der Waals surface area contributed by atoms with Gasteiger partial charge in [0.2, 0.25) is 15.2 Å². The summed E-state index contributed by atoms with van der Waals surface area (Å²) in [5.41, 5.74) is 2.14. The molecule has 0 saturated carbocycles. The number of hydrogen-bond donors (Lipinski definition) is 0. The molecule has 0 amide bonds. The molecule has 156 valence electrons. The molecule has 0 unspecified atom stereocenters. The first-order chi connectivity index (χ1) is 14.0. The molecule has 0 N–H and O–H groups in total. The van der Waals surface area contributed by atoms with Crippen molar-refractivity contribution in [3.05, 3.63) is 29.3 Å². The third-order valence-electron chi connectivity index (χ3n) is 5.19. The Morgan fingerprint density at radius 2 is 2.24 bits per heavy atom. The predicted molar refractivity (Wildman–Crippen MR) is 109 cm³/mol. The van der Waals surface area contributed by atoms with Crippen LogP contribution in [0.15, 0.2) is 23.4 Å². The lowest BCUT2D eigenvalue weighted by Crippen LogP contribution is -2.30. The molecule has 1 fully saturated rings. The van der Waals surface area contributed by atoms with Crippen LogP contribution in [0.3, 0.4) is 0 Å². The van der Waals surface area contributed by atoms with Gasteiger partial charge in [-0.1, -0.05) is 11.8 Å². The Morgan fingerprint density at radius 1 is 1.38 bits per heavy atom. The minimum absolute atomic E-state index is 0.0405. The standard InChI is InChI=1S/C18H23N5O4S2/c1-2-29(25,26)23-8-7-13-10-14(5-6-16(13)23)17(24)12-28-18-19-20-21-22(18)11-15-4-3-9-27-15/h5-6,10,15H,2-4,7-9,11-12H2,1H3/t15-/m0/s1. The molecule has 9 nitrogen and oxygen atoms in total. The van der Waals surface area contributed by atoms with Gasteiger partial charge in [0.15, 0.2) is 5.78 Å². The van der Waals surface area contributed by atoms with E-state index in [2.05, 4.69) is 15.5 Å². The van der Waals surface area contributed by atoms with E-state index in [9.17, 15) is 13.2 Å². The number of nitrogens with zero attached hydrogens (tertiary/aromatic N) is 5. The fourth-order valence-corrected chi connectivity index (χ4v) is 5.54. The van der Waals surface area contributed by atoms with E-state index >= 15 is 0 Å². The van der Waals surface area contributed by atoms with E-state index in [-0.39, 0.29) is 23.4 Å². The van der Waals surface area contributed by atoms with E-state index in [4.69, 9.17) is 4.74 Å². The predicted octanol–water partition coefficient (Wildman–Crippen LogP) is 1.54. The van der Waals surface area contributed by atoms with Crippen molar-refractivity contribution < 1.29 is 17.9 Å². The lowest BCUT2D eigenvalue weighted by Gasteiger charge is -2.18. The van der Waals surface area contributed by atoms with Crippen molar-refractivity contribution >= 4 is 33.3 Å². The number of fused-ring (bicyclic) bond motifs is 1. The zero-order chi connectivity index (χ0) is 20.4. The van der Waals surface area contributed by atoms with Crippen LogP contribution in [0.4, 0.5) is 5.69 Å². The van der Waals surface area contributed by atoms with Gasteiger partial charge in [-0.2, -0.15) is 0 Å². The van der Waals surface area contributed by atoms with Crippen LogP contribution in [0.5, 0.6) is 0 Å². The molecule has 0 bridgehead atoms. The molecule has 1 saturated heterocycles. The van der Waals surface area contributed by atoms with Crippen molar-refractivity contribution in [3.8, 4) is 0 Å². The van der Waals surface area contributed by atoms with Gasteiger partial charge in [0.05, 0.1) is 29.8 Å². The van der Waals surface area contributed by atoms with E-state index in [0.29, 0.717) is 35.9 Å². The third kappa shape index (κ3) is 4.31. The number of sulfonamides is 1. The molecule has 11 heteroatoms. The minimum Gasteiger partial charge on any atom is -0.376 e. The molecule has 29 heavy (non-hydrogen) atoms. The number of ether oxygens (including phenoxy) is 1. The average Bonchev–Trinajstić information content (AvgIpc) is 3.47. The van der Waals surface area contributed by atoms with Gasteiger partial charge < -0.3 is 4.74 Å². The number of rotatable bonds is 8. The van der Waals surface area contributed by atoms with Crippen molar-refractivity contribution in [2.75, 3.05) is 29.0 Å². The fourth-order valence-electron chi connectivity index (χ4n) is 3.60. The summed E-state index contributed by atoms with van der Waals surface area (Å²) >= 11 is 1.30. The number of aromatic nitrogens is 4. The normalized spacial score (nSPS) is 18.9. The number of Topliss-reactive ketones (excluding diaryl/α,β-unsaturated/α-hetero) is 1. The Bertz CT molecular complexity index is 1000. The summed E-state index contributed by atoms with van der Waals surface area (Å²) in [4.78, 5) is 12.7. The van der Waals surface area contributed by atoms with Crippen molar-refractivity contribution in [2.45, 2.75) is 44.0 Å². The highest BCUT2D eigenvalue weighted by atomic mass is 32.2. The van der Waals surface area contributed by atoms with E-state index in [1.807, 2.05) is 0 Å². The van der Waals surface area contributed by atoms with Gasteiger partial charge in [0, 0.05) is 18.7 Å². The number of anilines is 1. The highest BCUT2D eigenvalue weighted by molar-refractivity contribution is 7.99. The summed E-state index contributed by atoms with van der Waals surface area (Å²) in [6, 6.07) is 5.23. The maximum atomic E-state index is 12.7. The number of carbonyl (C=O) groups excluding carboxylic acids is 1. The van der Waals surface area contributed by atoms with Crippen molar-refractivity contribution in [1.29, 1.82) is 0 Å². The molecule has 0 spiro atoms. The molecule has 0 radical (unpaired) electrons. The number of thioether (sulfide) groups is 1. The number of tetrazole rings is 1. The number of benzene rings is 1. The van der Waals surface area contributed by atoms with Crippen LogP contribution in [0.2, 0.25) is 0 Å². The van der Waals surface area contributed by atoms with Crippen LogP contribution in [0.1, 0.15) is 35.7 Å². The quantitative estimate of drug-likeness (QED) is 0.452. The molecule has 1 atom stereocenters. The Labute approximate surface area is 173 Å². The Hall–Kier alpha value is -1.98. The smallest absolute Gasteiger partial charge is 0.234 e. The van der Waals surface area contributed by atoms with Crippen molar-refractivity contribution in [3.63, 3.8) is 0 Å². The molecule has 4 rings (SSSR count). The number of hydrogen-bond acceptors (Lipinski definition) is 8. The highest BCUT2D eigenvalue weighted by Gasteiger charge is 2.28. The number of carbonyl (C=O) groups is 1. The SMILES string of the molecule is CCS(=O)(=O)N1CCc2cc(C(=O)CSc3nnnn3C[C@@H]3CCCO3)ccc21. The zero-order valence-corrected chi connectivity index (χ0v) is 17.8. The van der Waals surface area contributed by atoms with Crippen LogP contribution in [0, 0.1) is 0 Å². The van der Waals surface area contributed by atoms with Gasteiger partial charge in [0.1, 0.15) is 0 Å². The third-order valence-corrected chi connectivity index (χ3v) is 7.92. The lowest BCUT2D eigenvalue weighted by molar-refractivity contribution is 0.0912. The first-order valence-electron chi connectivity index (χ1n) is 9.65. The summed E-state index contributed by atoms with van der Waals surface area (Å²) in [6.45, 7) is 3.41. The van der Waals surface area contributed by atoms with Gasteiger partial charge in [0.25, 0.3) is 0 Å². The van der Waals surface area contributed by atoms with Gasteiger partial charge in [-0.15, -0.1) is 5.10 Å². The first kappa shape index (κ1) is 20.3. The molecular weight excluding hydrogens is 414 g/mol. The second kappa shape index (κ2) is 8.41. The molecule has 2 aliphatic heterocycles. The van der Waals surface area contributed by atoms with Crippen molar-refractivity contribution in [2.24, 2.45) is 0 Å². The van der Waals surface area contributed by atoms with Gasteiger partial charge in [-0.25, -0.2) is 13.1 Å². The van der Waals surface area contributed by atoms with Crippen LogP contribution in [0.25, 0.3) is 0 Å². The van der Waals surface area contributed by atoms with E-state index in [0.717, 1.165) is 25.0 Å². The summed E-state index contributed by atoms with van der Waals surface area (Å²) in [5.74, 6) is 0.229. The fraction of sp³-hybridized carbons (Fsp3) is 0.556. The molecule has 1 aromatic heterocycles. The van der Waals surface area contributed by atoms with Crippen molar-refractivity contribution in [1.82, 2.24) is 20.2 Å². The summed E-state index contributed by atoms with van der Waals surface area (Å²) in [7, 11) is -3.29. The second-order valence-electron chi connectivity index (χ2n) is 7.06.